The SMILES string of the molecule is Cc1c(C(=O)OC(C)C)cc2c(-c3ccccc3)ccn2c1C=CN1CCC(N(C)C)CC1. The molecule has 0 amide bonds. The molecule has 5 nitrogen and oxygen atoms in total. The number of carbonyl (C=O) groups excluding carboxylic acids is 1. The Morgan fingerprint density at radius 3 is 2.45 bits per heavy atom. The molecular formula is C28H35N3O2. The summed E-state index contributed by atoms with van der Waals surface area (Å²) in [5, 5.41) is 0. The molecular weight excluding hydrogens is 410 g/mol. The van der Waals surface area contributed by atoms with Crippen LogP contribution < -0.4 is 0 Å². The van der Waals surface area contributed by atoms with Crippen LogP contribution in [0.15, 0.2) is 54.9 Å². The van der Waals surface area contributed by atoms with Crippen LogP contribution in [0, 0.1) is 6.92 Å². The number of fused-ring (bicyclic) bond motifs is 1. The Labute approximate surface area is 197 Å². The van der Waals surface area contributed by atoms with E-state index in [0.29, 0.717) is 11.6 Å². The zero-order valence-corrected chi connectivity index (χ0v) is 20.4. The quantitative estimate of drug-likeness (QED) is 0.471. The highest BCUT2D eigenvalue weighted by atomic mass is 16.5. The molecule has 1 aliphatic rings. The van der Waals surface area contributed by atoms with Gasteiger partial charge < -0.3 is 18.9 Å². The van der Waals surface area contributed by atoms with E-state index in [9.17, 15) is 4.79 Å². The van der Waals surface area contributed by atoms with Crippen molar-refractivity contribution in [2.24, 2.45) is 0 Å². The number of carbonyl (C=O) groups is 1. The maximum atomic E-state index is 13.0. The molecule has 174 valence electrons. The van der Waals surface area contributed by atoms with E-state index in [2.05, 4.69) is 65.0 Å². The summed E-state index contributed by atoms with van der Waals surface area (Å²) in [4.78, 5) is 17.7. The first kappa shape index (κ1) is 23.1. The van der Waals surface area contributed by atoms with Gasteiger partial charge in [-0.1, -0.05) is 30.3 Å². The number of rotatable bonds is 6. The monoisotopic (exact) mass is 445 g/mol. The molecule has 4 rings (SSSR count). The zero-order valence-electron chi connectivity index (χ0n) is 20.4. The molecule has 3 heterocycles. The lowest BCUT2D eigenvalue weighted by molar-refractivity contribution is 0.0377. The summed E-state index contributed by atoms with van der Waals surface area (Å²) in [7, 11) is 4.32. The van der Waals surface area contributed by atoms with Crippen molar-refractivity contribution in [1.29, 1.82) is 0 Å². The van der Waals surface area contributed by atoms with E-state index in [-0.39, 0.29) is 12.1 Å². The molecule has 1 aliphatic heterocycles. The van der Waals surface area contributed by atoms with E-state index >= 15 is 0 Å². The second kappa shape index (κ2) is 9.84. The minimum Gasteiger partial charge on any atom is -0.459 e. The largest absolute Gasteiger partial charge is 0.459 e. The highest BCUT2D eigenvalue weighted by Gasteiger charge is 2.21. The summed E-state index contributed by atoms with van der Waals surface area (Å²) in [6, 6.07) is 15.1. The van der Waals surface area contributed by atoms with Gasteiger partial charge in [0.25, 0.3) is 0 Å². The smallest absolute Gasteiger partial charge is 0.338 e. The summed E-state index contributed by atoms with van der Waals surface area (Å²) in [6.45, 7) is 7.86. The molecule has 0 N–H and O–H groups in total. The fraction of sp³-hybridized carbons (Fsp3) is 0.393. The predicted octanol–water partition coefficient (Wildman–Crippen LogP) is 5.48. The summed E-state index contributed by atoms with van der Waals surface area (Å²) < 4.78 is 7.77. The van der Waals surface area contributed by atoms with E-state index in [1.54, 1.807) is 0 Å². The Balaban J connectivity index is 1.75. The molecule has 1 fully saturated rings. The third kappa shape index (κ3) is 4.98. The van der Waals surface area contributed by atoms with Gasteiger partial charge in [0.2, 0.25) is 0 Å². The Bertz CT molecular complexity index is 1140. The van der Waals surface area contributed by atoms with Crippen LogP contribution in [0.3, 0.4) is 0 Å². The number of esters is 1. The Kier molecular flexibility index (Phi) is 6.89. The van der Waals surface area contributed by atoms with Gasteiger partial charge in [0.1, 0.15) is 0 Å². The minimum atomic E-state index is -0.272. The van der Waals surface area contributed by atoms with E-state index in [4.69, 9.17) is 4.74 Å². The molecule has 0 spiro atoms. The number of nitrogens with zero attached hydrogens (tertiary/aromatic N) is 3. The average Bonchev–Trinajstić information content (AvgIpc) is 3.22. The van der Waals surface area contributed by atoms with E-state index < -0.39 is 0 Å². The highest BCUT2D eigenvalue weighted by Crippen LogP contribution is 2.30. The standard InChI is InChI=1S/C28H35N3O2/c1-20(2)33-28(32)25-19-27-24(22-9-7-6-8-10-22)13-18-31(27)26(21(25)3)14-17-30-15-11-23(12-16-30)29(4)5/h6-10,13-14,17-20,23H,11-12,15-16H2,1-5H3. The molecule has 0 bridgehead atoms. The molecule has 0 unspecified atom stereocenters. The number of hydrogen-bond acceptors (Lipinski definition) is 4. The van der Waals surface area contributed by atoms with Gasteiger partial charge in [-0.05, 0) is 77.0 Å². The van der Waals surface area contributed by atoms with Gasteiger partial charge in [0.05, 0.1) is 22.9 Å². The molecule has 0 aliphatic carbocycles. The van der Waals surface area contributed by atoms with Crippen LogP contribution in [0.5, 0.6) is 0 Å². The van der Waals surface area contributed by atoms with Crippen molar-refractivity contribution in [3.63, 3.8) is 0 Å². The molecule has 2 aromatic heterocycles. The lowest BCUT2D eigenvalue weighted by Gasteiger charge is -2.34. The fourth-order valence-electron chi connectivity index (χ4n) is 4.65. The van der Waals surface area contributed by atoms with Crippen molar-refractivity contribution in [1.82, 2.24) is 14.2 Å². The first-order valence-corrected chi connectivity index (χ1v) is 11.8. The maximum absolute atomic E-state index is 13.0. The van der Waals surface area contributed by atoms with Gasteiger partial charge in [-0.3, -0.25) is 0 Å². The predicted molar refractivity (Wildman–Crippen MR) is 135 cm³/mol. The molecule has 0 atom stereocenters. The van der Waals surface area contributed by atoms with Gasteiger partial charge >= 0.3 is 5.97 Å². The van der Waals surface area contributed by atoms with Crippen molar-refractivity contribution < 1.29 is 9.53 Å². The van der Waals surface area contributed by atoms with Crippen LogP contribution in [0.25, 0.3) is 22.7 Å². The number of piperidine rings is 1. The van der Waals surface area contributed by atoms with E-state index in [0.717, 1.165) is 53.8 Å². The number of ether oxygens (including phenoxy) is 1. The lowest BCUT2D eigenvalue weighted by Crippen LogP contribution is -2.39. The lowest BCUT2D eigenvalue weighted by atomic mass is 10.0. The third-order valence-corrected chi connectivity index (χ3v) is 6.57. The maximum Gasteiger partial charge on any atom is 0.338 e. The van der Waals surface area contributed by atoms with Crippen molar-refractivity contribution in [3.8, 4) is 11.1 Å². The Hall–Kier alpha value is -3.05. The van der Waals surface area contributed by atoms with Crippen LogP contribution in [-0.2, 0) is 4.74 Å². The molecule has 3 aromatic rings. The van der Waals surface area contributed by atoms with Crippen molar-refractivity contribution >= 4 is 17.6 Å². The Morgan fingerprint density at radius 2 is 1.82 bits per heavy atom. The zero-order chi connectivity index (χ0) is 23.5. The van der Waals surface area contributed by atoms with Crippen LogP contribution in [-0.4, -0.2) is 59.5 Å². The van der Waals surface area contributed by atoms with E-state index in [1.807, 2.05) is 45.0 Å². The van der Waals surface area contributed by atoms with Crippen molar-refractivity contribution in [2.45, 2.75) is 45.8 Å². The fourth-order valence-corrected chi connectivity index (χ4v) is 4.65. The van der Waals surface area contributed by atoms with E-state index in [1.165, 1.54) is 0 Å². The highest BCUT2D eigenvalue weighted by molar-refractivity contribution is 5.96. The summed E-state index contributed by atoms with van der Waals surface area (Å²) in [5.41, 5.74) is 5.82. The molecule has 0 saturated carbocycles. The van der Waals surface area contributed by atoms with Gasteiger partial charge in [-0.25, -0.2) is 4.79 Å². The van der Waals surface area contributed by atoms with Crippen LogP contribution in [0.1, 0.15) is 48.3 Å². The number of pyridine rings is 1. The first-order chi connectivity index (χ1) is 15.8. The molecule has 1 aromatic carbocycles. The van der Waals surface area contributed by atoms with Crippen LogP contribution >= 0.6 is 0 Å². The normalized spacial score (nSPS) is 15.3. The number of hydrogen-bond donors (Lipinski definition) is 0. The van der Waals surface area contributed by atoms with Gasteiger partial charge in [0, 0.05) is 37.1 Å². The number of aromatic nitrogens is 1. The molecule has 5 heteroatoms. The van der Waals surface area contributed by atoms with Crippen LogP contribution in [0.4, 0.5) is 0 Å². The third-order valence-electron chi connectivity index (χ3n) is 6.57. The van der Waals surface area contributed by atoms with Gasteiger partial charge in [-0.15, -0.1) is 0 Å². The topological polar surface area (TPSA) is 37.2 Å². The first-order valence-electron chi connectivity index (χ1n) is 11.8. The Morgan fingerprint density at radius 1 is 1.12 bits per heavy atom. The number of likely N-dealkylation sites (tertiary alicyclic amines) is 1. The summed E-state index contributed by atoms with van der Waals surface area (Å²) >= 11 is 0. The van der Waals surface area contributed by atoms with Crippen molar-refractivity contribution in [3.05, 3.63) is 71.7 Å². The summed E-state index contributed by atoms with van der Waals surface area (Å²) in [5.74, 6) is -0.272. The second-order valence-corrected chi connectivity index (χ2v) is 9.42. The second-order valence-electron chi connectivity index (χ2n) is 9.42. The van der Waals surface area contributed by atoms with Crippen LogP contribution in [0.2, 0.25) is 0 Å². The summed E-state index contributed by atoms with van der Waals surface area (Å²) in [6.07, 6.45) is 8.60. The minimum absolute atomic E-state index is 0.162. The molecule has 33 heavy (non-hydrogen) atoms. The average molecular weight is 446 g/mol. The van der Waals surface area contributed by atoms with Gasteiger partial charge in [0.15, 0.2) is 0 Å². The molecule has 0 radical (unpaired) electrons. The van der Waals surface area contributed by atoms with Gasteiger partial charge in [-0.2, -0.15) is 0 Å². The number of benzene rings is 1. The van der Waals surface area contributed by atoms with Crippen molar-refractivity contribution in [2.75, 3.05) is 27.2 Å². The molecule has 1 saturated heterocycles.